The molecule has 0 aromatic carbocycles. The minimum atomic E-state index is -0.947. The molecule has 29 heavy (non-hydrogen) atoms. The first-order valence-electron chi connectivity index (χ1n) is 10.7. The van der Waals surface area contributed by atoms with E-state index in [0.717, 1.165) is 12.8 Å². The van der Waals surface area contributed by atoms with Crippen molar-refractivity contribution in [2.45, 2.75) is 91.9 Å². The van der Waals surface area contributed by atoms with Crippen LogP contribution in [0.15, 0.2) is 0 Å². The zero-order valence-electron chi connectivity index (χ0n) is 19.2. The molecule has 0 aliphatic heterocycles. The van der Waals surface area contributed by atoms with Gasteiger partial charge in [0.15, 0.2) is 5.92 Å². The SMILES string of the molecule is COC(=O)C(CC(C)(C)CCCC(=O)CCCC(=O)CCCC(C)C)C(=O)OC. The van der Waals surface area contributed by atoms with Gasteiger partial charge in [0.25, 0.3) is 0 Å². The zero-order chi connectivity index (χ0) is 22.4. The number of esters is 2. The average molecular weight is 413 g/mol. The summed E-state index contributed by atoms with van der Waals surface area (Å²) in [5, 5.41) is 0. The number of ketones is 2. The summed E-state index contributed by atoms with van der Waals surface area (Å²) in [4.78, 5) is 47.6. The predicted molar refractivity (Wildman–Crippen MR) is 112 cm³/mol. The summed E-state index contributed by atoms with van der Waals surface area (Å²) in [7, 11) is 2.50. The highest BCUT2D eigenvalue weighted by molar-refractivity contribution is 5.94. The largest absolute Gasteiger partial charge is 0.468 e. The third-order valence-electron chi connectivity index (χ3n) is 5.19. The normalized spacial score (nSPS) is 11.6. The Balaban J connectivity index is 4.19. The Hall–Kier alpha value is -1.72. The summed E-state index contributed by atoms with van der Waals surface area (Å²) in [5.74, 6) is -1.12. The Kier molecular flexibility index (Phi) is 13.4. The Morgan fingerprint density at radius 3 is 1.66 bits per heavy atom. The van der Waals surface area contributed by atoms with Crippen molar-refractivity contribution >= 4 is 23.5 Å². The molecule has 0 aliphatic rings. The van der Waals surface area contributed by atoms with Crippen LogP contribution in [0.1, 0.15) is 91.9 Å². The van der Waals surface area contributed by atoms with Crippen molar-refractivity contribution in [3.63, 3.8) is 0 Å². The lowest BCUT2D eigenvalue weighted by atomic mass is 9.78. The highest BCUT2D eigenvalue weighted by Crippen LogP contribution is 2.32. The van der Waals surface area contributed by atoms with E-state index in [1.165, 1.54) is 14.2 Å². The van der Waals surface area contributed by atoms with Crippen molar-refractivity contribution < 1.29 is 28.7 Å². The van der Waals surface area contributed by atoms with Gasteiger partial charge in [0.1, 0.15) is 11.6 Å². The molecule has 0 aromatic rings. The Labute approximate surface area is 176 Å². The molecule has 0 heterocycles. The summed E-state index contributed by atoms with van der Waals surface area (Å²) in [6.07, 6.45) is 6.29. The van der Waals surface area contributed by atoms with E-state index in [1.807, 2.05) is 13.8 Å². The zero-order valence-corrected chi connectivity index (χ0v) is 19.2. The summed E-state index contributed by atoms with van der Waals surface area (Å²) in [5.41, 5.74) is -0.306. The van der Waals surface area contributed by atoms with Gasteiger partial charge >= 0.3 is 11.9 Å². The van der Waals surface area contributed by atoms with E-state index in [-0.39, 0.29) is 17.0 Å². The van der Waals surface area contributed by atoms with Gasteiger partial charge in [-0.1, -0.05) is 34.1 Å². The van der Waals surface area contributed by atoms with E-state index in [1.54, 1.807) is 0 Å². The summed E-state index contributed by atoms with van der Waals surface area (Å²) >= 11 is 0. The maximum absolute atomic E-state index is 12.1. The van der Waals surface area contributed by atoms with Crippen molar-refractivity contribution in [3.05, 3.63) is 0 Å². The molecule has 0 saturated carbocycles. The standard InChI is InChI=1S/C23H40O6/c1-17(2)10-7-11-18(24)12-8-13-19(25)14-9-15-23(3,4)16-20(21(26)28-5)22(27)29-6/h17,20H,7-16H2,1-6H3. The molecule has 0 aliphatic carbocycles. The van der Waals surface area contributed by atoms with E-state index >= 15 is 0 Å². The van der Waals surface area contributed by atoms with Crippen LogP contribution in [0.4, 0.5) is 0 Å². The molecule has 0 bridgehead atoms. The molecule has 168 valence electrons. The molecule has 0 unspecified atom stereocenters. The maximum atomic E-state index is 12.1. The highest BCUT2D eigenvalue weighted by Gasteiger charge is 2.34. The van der Waals surface area contributed by atoms with E-state index in [2.05, 4.69) is 13.8 Å². The molecule has 0 spiro atoms. The van der Waals surface area contributed by atoms with Gasteiger partial charge in [-0.05, 0) is 43.4 Å². The number of rotatable bonds is 16. The molecule has 0 atom stereocenters. The number of methoxy groups -OCH3 is 2. The summed E-state index contributed by atoms with van der Waals surface area (Å²) in [6.45, 7) is 8.23. The van der Waals surface area contributed by atoms with Crippen LogP contribution in [0.3, 0.4) is 0 Å². The molecular weight excluding hydrogens is 372 g/mol. The van der Waals surface area contributed by atoms with Crippen LogP contribution in [0.2, 0.25) is 0 Å². The second-order valence-corrected chi connectivity index (χ2v) is 9.04. The van der Waals surface area contributed by atoms with Gasteiger partial charge < -0.3 is 9.47 Å². The maximum Gasteiger partial charge on any atom is 0.320 e. The third kappa shape index (κ3) is 13.2. The van der Waals surface area contributed by atoms with Gasteiger partial charge in [-0.15, -0.1) is 0 Å². The molecule has 0 fully saturated rings. The number of Topliss-reactive ketones (excluding diaryl/α,β-unsaturated/α-hetero) is 2. The lowest BCUT2D eigenvalue weighted by molar-refractivity contribution is -0.160. The topological polar surface area (TPSA) is 86.7 Å². The Morgan fingerprint density at radius 1 is 0.759 bits per heavy atom. The second kappa shape index (κ2) is 14.3. The number of carbonyl (C=O) groups excluding carboxylic acids is 4. The number of ether oxygens (including phenoxy) is 2. The molecule has 6 heteroatoms. The minimum Gasteiger partial charge on any atom is -0.468 e. The van der Waals surface area contributed by atoms with Crippen molar-refractivity contribution in [2.24, 2.45) is 17.3 Å². The number of hydrogen-bond donors (Lipinski definition) is 0. The van der Waals surface area contributed by atoms with Crippen molar-refractivity contribution in [2.75, 3.05) is 14.2 Å². The van der Waals surface area contributed by atoms with Crippen LogP contribution in [0.25, 0.3) is 0 Å². The lowest BCUT2D eigenvalue weighted by Crippen LogP contribution is -2.31. The third-order valence-corrected chi connectivity index (χ3v) is 5.19. The fraction of sp³-hybridized carbons (Fsp3) is 0.826. The number of carbonyl (C=O) groups is 4. The molecule has 0 aromatic heterocycles. The first-order valence-corrected chi connectivity index (χ1v) is 10.7. The lowest BCUT2D eigenvalue weighted by Gasteiger charge is -2.27. The summed E-state index contributed by atoms with van der Waals surface area (Å²) < 4.78 is 9.40. The van der Waals surface area contributed by atoms with Crippen molar-refractivity contribution in [1.29, 1.82) is 0 Å². The van der Waals surface area contributed by atoms with Gasteiger partial charge in [-0.2, -0.15) is 0 Å². The number of hydrogen-bond acceptors (Lipinski definition) is 6. The molecule has 0 N–H and O–H groups in total. The molecule has 0 amide bonds. The van der Waals surface area contributed by atoms with E-state index in [4.69, 9.17) is 9.47 Å². The predicted octanol–water partition coefficient (Wildman–Crippen LogP) is 4.67. The van der Waals surface area contributed by atoms with Gasteiger partial charge in [-0.3, -0.25) is 19.2 Å². The van der Waals surface area contributed by atoms with Gasteiger partial charge in [0.05, 0.1) is 14.2 Å². The monoisotopic (exact) mass is 412 g/mol. The van der Waals surface area contributed by atoms with Crippen molar-refractivity contribution in [3.8, 4) is 0 Å². The first kappa shape index (κ1) is 27.3. The van der Waals surface area contributed by atoms with Gasteiger partial charge in [0.2, 0.25) is 0 Å². The smallest absolute Gasteiger partial charge is 0.320 e. The first-order chi connectivity index (χ1) is 13.5. The van der Waals surface area contributed by atoms with Crippen LogP contribution in [0, 0.1) is 17.3 Å². The van der Waals surface area contributed by atoms with Crippen LogP contribution < -0.4 is 0 Å². The fourth-order valence-electron chi connectivity index (χ4n) is 3.41. The molecular formula is C23H40O6. The molecule has 0 radical (unpaired) electrons. The van der Waals surface area contributed by atoms with Gasteiger partial charge in [-0.25, -0.2) is 0 Å². The van der Waals surface area contributed by atoms with Gasteiger partial charge in [0, 0.05) is 25.7 Å². The quantitative estimate of drug-likeness (QED) is 0.270. The molecule has 0 rings (SSSR count). The van der Waals surface area contributed by atoms with E-state index in [9.17, 15) is 19.2 Å². The minimum absolute atomic E-state index is 0.160. The fourth-order valence-corrected chi connectivity index (χ4v) is 3.41. The highest BCUT2D eigenvalue weighted by atomic mass is 16.5. The van der Waals surface area contributed by atoms with Crippen LogP contribution in [-0.2, 0) is 28.7 Å². The Morgan fingerprint density at radius 2 is 1.21 bits per heavy atom. The molecule has 0 saturated heterocycles. The van der Waals surface area contributed by atoms with E-state index < -0.39 is 17.9 Å². The average Bonchev–Trinajstić information content (AvgIpc) is 2.64. The van der Waals surface area contributed by atoms with Crippen LogP contribution >= 0.6 is 0 Å². The van der Waals surface area contributed by atoms with E-state index in [0.29, 0.717) is 57.3 Å². The summed E-state index contributed by atoms with van der Waals surface area (Å²) in [6, 6.07) is 0. The van der Waals surface area contributed by atoms with Crippen LogP contribution in [-0.4, -0.2) is 37.7 Å². The second-order valence-electron chi connectivity index (χ2n) is 9.04. The molecule has 6 nitrogen and oxygen atoms in total. The van der Waals surface area contributed by atoms with Crippen molar-refractivity contribution in [1.82, 2.24) is 0 Å². The Bertz CT molecular complexity index is 519. The van der Waals surface area contributed by atoms with Crippen LogP contribution in [0.5, 0.6) is 0 Å².